The van der Waals surface area contributed by atoms with Gasteiger partial charge < -0.3 is 19.4 Å². The van der Waals surface area contributed by atoms with Crippen molar-refractivity contribution in [3.8, 4) is 0 Å². The molecular weight excluding hydrogens is 252 g/mol. The van der Waals surface area contributed by atoms with E-state index < -0.39 is 5.97 Å². The number of rotatable bonds is 7. The Kier molecular flexibility index (Phi) is 4.79. The highest BCUT2D eigenvalue weighted by molar-refractivity contribution is 5.84. The lowest BCUT2D eigenvalue weighted by atomic mass is 10.1. The number of fused-ring (bicyclic) bond motifs is 1. The molecule has 0 radical (unpaired) electrons. The first-order chi connectivity index (χ1) is 9.65. The van der Waals surface area contributed by atoms with Crippen LogP contribution in [0.1, 0.15) is 25.8 Å². The van der Waals surface area contributed by atoms with Gasteiger partial charge in [-0.2, -0.15) is 0 Å². The average Bonchev–Trinajstić information content (AvgIpc) is 2.81. The number of hydrogen-bond donors (Lipinski definition) is 1. The second-order valence-electron chi connectivity index (χ2n) is 5.12. The number of carbonyl (C=O) groups is 1. The van der Waals surface area contributed by atoms with Crippen molar-refractivity contribution >= 4 is 16.9 Å². The molecule has 4 nitrogen and oxygen atoms in total. The second-order valence-corrected chi connectivity index (χ2v) is 5.12. The fraction of sp³-hybridized carbons (Fsp3) is 0.438. The van der Waals surface area contributed by atoms with Crippen LogP contribution in [0.25, 0.3) is 10.9 Å². The Labute approximate surface area is 119 Å². The molecule has 1 aromatic carbocycles. The first-order valence-corrected chi connectivity index (χ1v) is 7.25. The molecule has 0 fully saturated rings. The Hall–Kier alpha value is -1.81. The lowest BCUT2D eigenvalue weighted by Gasteiger charge is -2.14. The van der Waals surface area contributed by atoms with Crippen molar-refractivity contribution in [1.29, 1.82) is 0 Å². The molecule has 0 bridgehead atoms. The Morgan fingerprint density at radius 1 is 1.25 bits per heavy atom. The number of aliphatic carboxylic acids is 1. The molecule has 20 heavy (non-hydrogen) atoms. The van der Waals surface area contributed by atoms with Crippen molar-refractivity contribution in [1.82, 2.24) is 4.57 Å². The number of hydrogen-bond acceptors (Lipinski definition) is 2. The van der Waals surface area contributed by atoms with E-state index in [0.717, 1.165) is 25.2 Å². The zero-order valence-corrected chi connectivity index (χ0v) is 12.2. The van der Waals surface area contributed by atoms with Gasteiger partial charge in [-0.25, -0.2) is 0 Å². The van der Waals surface area contributed by atoms with Crippen LogP contribution in [0.2, 0.25) is 0 Å². The summed E-state index contributed by atoms with van der Waals surface area (Å²) in [4.78, 5) is 12.2. The molecule has 0 spiro atoms. The van der Waals surface area contributed by atoms with Gasteiger partial charge in [-0.15, -0.1) is 0 Å². The van der Waals surface area contributed by atoms with Gasteiger partial charge in [0.25, 0.3) is 0 Å². The minimum Gasteiger partial charge on any atom is -0.550 e. The fourth-order valence-corrected chi connectivity index (χ4v) is 2.63. The number of aryl methyl sites for hydroxylation is 1. The quantitative estimate of drug-likeness (QED) is 0.784. The summed E-state index contributed by atoms with van der Waals surface area (Å²) in [6.07, 6.45) is 2.15. The molecule has 1 aromatic heterocycles. The summed E-state index contributed by atoms with van der Waals surface area (Å²) in [6.45, 7) is 8.01. The third-order valence-corrected chi connectivity index (χ3v) is 3.87. The Bertz CT molecular complexity index is 585. The number of aromatic nitrogens is 1. The number of nitrogens with one attached hydrogen (secondary N) is 1. The highest BCUT2D eigenvalue weighted by Crippen LogP contribution is 2.21. The molecule has 0 amide bonds. The predicted octanol–water partition coefficient (Wildman–Crippen LogP) is 0.206. The van der Waals surface area contributed by atoms with Crippen LogP contribution in [-0.2, 0) is 17.9 Å². The molecule has 0 aliphatic heterocycles. The first-order valence-electron chi connectivity index (χ1n) is 7.25. The lowest BCUT2D eigenvalue weighted by Crippen LogP contribution is -3.10. The SMILES string of the molecule is CC[NH+](CC)Cc1cn(CCC(=O)[O-])c2ccccc12. The summed E-state index contributed by atoms with van der Waals surface area (Å²) in [5.74, 6) is -1.00. The lowest BCUT2D eigenvalue weighted by molar-refractivity contribution is -0.910. The van der Waals surface area contributed by atoms with Gasteiger partial charge in [0, 0.05) is 41.6 Å². The van der Waals surface area contributed by atoms with Gasteiger partial charge in [0.15, 0.2) is 0 Å². The third-order valence-electron chi connectivity index (χ3n) is 3.87. The van der Waals surface area contributed by atoms with E-state index in [1.807, 2.05) is 22.8 Å². The summed E-state index contributed by atoms with van der Waals surface area (Å²) in [5, 5.41) is 11.9. The van der Waals surface area contributed by atoms with Crippen LogP contribution in [0.3, 0.4) is 0 Å². The molecule has 108 valence electrons. The molecule has 1 N–H and O–H groups in total. The summed E-state index contributed by atoms with van der Waals surface area (Å²) in [7, 11) is 0. The summed E-state index contributed by atoms with van der Waals surface area (Å²) >= 11 is 0. The molecular formula is C16H22N2O2. The zero-order valence-electron chi connectivity index (χ0n) is 12.2. The van der Waals surface area contributed by atoms with Crippen LogP contribution in [0.5, 0.6) is 0 Å². The van der Waals surface area contributed by atoms with Gasteiger partial charge in [0.1, 0.15) is 6.54 Å². The maximum absolute atomic E-state index is 10.7. The smallest absolute Gasteiger partial charge is 0.105 e. The molecule has 0 atom stereocenters. The average molecular weight is 274 g/mol. The van der Waals surface area contributed by atoms with Gasteiger partial charge >= 0.3 is 0 Å². The number of nitrogens with zero attached hydrogens (tertiary/aromatic N) is 1. The Morgan fingerprint density at radius 2 is 1.95 bits per heavy atom. The van der Waals surface area contributed by atoms with Gasteiger partial charge in [-0.05, 0) is 19.9 Å². The van der Waals surface area contributed by atoms with Crippen molar-refractivity contribution in [2.24, 2.45) is 0 Å². The maximum Gasteiger partial charge on any atom is 0.105 e. The molecule has 0 saturated carbocycles. The third kappa shape index (κ3) is 3.20. The second kappa shape index (κ2) is 6.57. The summed E-state index contributed by atoms with van der Waals surface area (Å²) < 4.78 is 2.03. The molecule has 2 rings (SSSR count). The summed E-state index contributed by atoms with van der Waals surface area (Å²) in [5.41, 5.74) is 2.40. The van der Waals surface area contributed by atoms with Crippen LogP contribution < -0.4 is 10.0 Å². The predicted molar refractivity (Wildman–Crippen MR) is 77.3 cm³/mol. The van der Waals surface area contributed by atoms with E-state index in [9.17, 15) is 9.90 Å². The molecule has 0 unspecified atom stereocenters. The Morgan fingerprint density at radius 3 is 2.60 bits per heavy atom. The van der Waals surface area contributed by atoms with Crippen LogP contribution in [0.15, 0.2) is 30.5 Å². The standard InChI is InChI=1S/C16H22N2O2/c1-3-17(4-2)11-13-12-18(10-9-16(19)20)15-8-6-5-7-14(13)15/h5-8,12H,3-4,9-11H2,1-2H3,(H,19,20). The zero-order chi connectivity index (χ0) is 14.5. The molecule has 0 aliphatic carbocycles. The van der Waals surface area contributed by atoms with Crippen molar-refractivity contribution in [2.75, 3.05) is 13.1 Å². The minimum absolute atomic E-state index is 0.0518. The number of carbonyl (C=O) groups excluding carboxylic acids is 1. The van der Waals surface area contributed by atoms with Crippen LogP contribution in [0, 0.1) is 0 Å². The number of quaternary nitrogens is 1. The molecule has 2 aromatic rings. The van der Waals surface area contributed by atoms with Gasteiger partial charge in [0.05, 0.1) is 13.1 Å². The van der Waals surface area contributed by atoms with E-state index in [-0.39, 0.29) is 6.42 Å². The summed E-state index contributed by atoms with van der Waals surface area (Å²) in [6, 6.07) is 8.19. The highest BCUT2D eigenvalue weighted by Gasteiger charge is 2.12. The van der Waals surface area contributed by atoms with Crippen molar-refractivity contribution in [3.63, 3.8) is 0 Å². The van der Waals surface area contributed by atoms with Crippen LogP contribution >= 0.6 is 0 Å². The number of carboxylic acids is 1. The largest absolute Gasteiger partial charge is 0.550 e. The van der Waals surface area contributed by atoms with Gasteiger partial charge in [-0.1, -0.05) is 18.2 Å². The maximum atomic E-state index is 10.7. The minimum atomic E-state index is -1.00. The number of para-hydroxylation sites is 1. The van der Waals surface area contributed by atoms with Crippen molar-refractivity contribution < 1.29 is 14.8 Å². The van der Waals surface area contributed by atoms with Crippen molar-refractivity contribution in [2.45, 2.75) is 33.4 Å². The van der Waals surface area contributed by atoms with Crippen molar-refractivity contribution in [3.05, 3.63) is 36.0 Å². The van der Waals surface area contributed by atoms with E-state index in [1.165, 1.54) is 15.8 Å². The van der Waals surface area contributed by atoms with Crippen LogP contribution in [-0.4, -0.2) is 23.6 Å². The number of benzene rings is 1. The van der Waals surface area contributed by atoms with E-state index in [0.29, 0.717) is 6.54 Å². The number of carboxylic acid groups (broad SMARTS) is 1. The normalized spacial score (nSPS) is 11.3. The van der Waals surface area contributed by atoms with E-state index in [2.05, 4.69) is 26.1 Å². The van der Waals surface area contributed by atoms with Gasteiger partial charge in [0.2, 0.25) is 0 Å². The van der Waals surface area contributed by atoms with E-state index >= 15 is 0 Å². The molecule has 0 aliphatic rings. The fourth-order valence-electron chi connectivity index (χ4n) is 2.63. The van der Waals surface area contributed by atoms with E-state index in [4.69, 9.17) is 0 Å². The highest BCUT2D eigenvalue weighted by atomic mass is 16.4. The molecule has 4 heteroatoms. The topological polar surface area (TPSA) is 49.5 Å². The molecule has 0 saturated heterocycles. The van der Waals surface area contributed by atoms with Crippen LogP contribution in [0.4, 0.5) is 0 Å². The first kappa shape index (κ1) is 14.6. The Balaban J connectivity index is 2.32. The molecule has 1 heterocycles. The monoisotopic (exact) mass is 274 g/mol. The van der Waals surface area contributed by atoms with E-state index in [1.54, 1.807) is 0 Å². The van der Waals surface area contributed by atoms with Gasteiger partial charge in [-0.3, -0.25) is 0 Å².